The first-order chi connectivity index (χ1) is 17.3. The zero-order valence-corrected chi connectivity index (χ0v) is 19.1. The Kier molecular flexibility index (Phi) is 4.80. The van der Waals surface area contributed by atoms with Crippen LogP contribution in [0.4, 0.5) is 0 Å². The van der Waals surface area contributed by atoms with Gasteiger partial charge >= 0.3 is 0 Å². The molecule has 0 bridgehead atoms. The highest BCUT2D eigenvalue weighted by Crippen LogP contribution is 2.32. The molecule has 1 atom stereocenters. The SMILES string of the molecule is C1=CC1Cc1ccc2c(-c3cnn4cc(-c5ccc(O[C@@H]6CCNC6)cn5)cnc34)cccc2n1. The monoisotopic (exact) mass is 460 g/mol. The number of ether oxygens (including phenoxy) is 1. The summed E-state index contributed by atoms with van der Waals surface area (Å²) in [6.45, 7) is 1.89. The lowest BCUT2D eigenvalue weighted by Gasteiger charge is -2.12. The van der Waals surface area contributed by atoms with Gasteiger partial charge in [0.15, 0.2) is 5.65 Å². The molecule has 2 aliphatic rings. The molecule has 7 heteroatoms. The van der Waals surface area contributed by atoms with E-state index in [-0.39, 0.29) is 6.10 Å². The zero-order chi connectivity index (χ0) is 23.2. The van der Waals surface area contributed by atoms with E-state index in [4.69, 9.17) is 14.7 Å². The lowest BCUT2D eigenvalue weighted by atomic mass is 10.0. The third kappa shape index (κ3) is 3.94. The van der Waals surface area contributed by atoms with Gasteiger partial charge in [-0.25, -0.2) is 9.50 Å². The van der Waals surface area contributed by atoms with Gasteiger partial charge in [0.05, 0.1) is 23.6 Å². The van der Waals surface area contributed by atoms with Crippen molar-refractivity contribution >= 4 is 16.6 Å². The zero-order valence-electron chi connectivity index (χ0n) is 19.1. The summed E-state index contributed by atoms with van der Waals surface area (Å²) in [6.07, 6.45) is 14.1. The highest BCUT2D eigenvalue weighted by molar-refractivity contribution is 5.98. The Morgan fingerprint density at radius 1 is 0.971 bits per heavy atom. The van der Waals surface area contributed by atoms with Crippen molar-refractivity contribution in [1.29, 1.82) is 0 Å². The number of fused-ring (bicyclic) bond motifs is 2. The Morgan fingerprint density at radius 2 is 1.94 bits per heavy atom. The van der Waals surface area contributed by atoms with E-state index in [0.29, 0.717) is 5.92 Å². The molecule has 7 nitrogen and oxygen atoms in total. The lowest BCUT2D eigenvalue weighted by Crippen LogP contribution is -2.19. The van der Waals surface area contributed by atoms with E-state index in [2.05, 4.69) is 57.9 Å². The first kappa shape index (κ1) is 20.3. The second-order valence-corrected chi connectivity index (χ2v) is 9.21. The van der Waals surface area contributed by atoms with Crippen molar-refractivity contribution < 1.29 is 4.74 Å². The van der Waals surface area contributed by atoms with Crippen LogP contribution in [0.3, 0.4) is 0 Å². The maximum Gasteiger partial charge on any atom is 0.162 e. The van der Waals surface area contributed by atoms with Crippen molar-refractivity contribution in [3.05, 3.63) is 85.1 Å². The van der Waals surface area contributed by atoms with E-state index in [1.54, 1.807) is 6.20 Å². The number of aromatic nitrogens is 5. The summed E-state index contributed by atoms with van der Waals surface area (Å²) < 4.78 is 7.81. The second-order valence-electron chi connectivity index (χ2n) is 9.21. The van der Waals surface area contributed by atoms with E-state index >= 15 is 0 Å². The van der Waals surface area contributed by atoms with E-state index < -0.39 is 0 Å². The maximum atomic E-state index is 5.99. The number of benzene rings is 1. The molecule has 172 valence electrons. The van der Waals surface area contributed by atoms with Crippen molar-refractivity contribution in [3.8, 4) is 28.1 Å². The fraction of sp³-hybridized carbons (Fsp3) is 0.214. The van der Waals surface area contributed by atoms with Crippen LogP contribution in [0.5, 0.6) is 5.75 Å². The van der Waals surface area contributed by atoms with Gasteiger partial charge in [0.1, 0.15) is 11.9 Å². The van der Waals surface area contributed by atoms with Gasteiger partial charge in [-0.05, 0) is 49.2 Å². The van der Waals surface area contributed by atoms with Crippen LogP contribution in [0.15, 0.2) is 79.4 Å². The molecule has 7 rings (SSSR count). The summed E-state index contributed by atoms with van der Waals surface area (Å²) in [6, 6.07) is 14.5. The molecule has 1 N–H and O–H groups in total. The molecule has 5 heterocycles. The molecular weight excluding hydrogens is 436 g/mol. The first-order valence-corrected chi connectivity index (χ1v) is 12.0. The number of hydrogen-bond donors (Lipinski definition) is 1. The van der Waals surface area contributed by atoms with Crippen LogP contribution >= 0.6 is 0 Å². The molecule has 0 amide bonds. The normalized spacial score (nSPS) is 17.4. The van der Waals surface area contributed by atoms with Gasteiger partial charge in [-0.1, -0.05) is 30.4 Å². The minimum absolute atomic E-state index is 0.217. The third-order valence-electron chi connectivity index (χ3n) is 6.70. The van der Waals surface area contributed by atoms with Gasteiger partial charge in [-0.15, -0.1) is 0 Å². The van der Waals surface area contributed by atoms with Gasteiger partial charge in [0, 0.05) is 47.1 Å². The van der Waals surface area contributed by atoms with E-state index in [1.807, 2.05) is 35.2 Å². The number of rotatable bonds is 6. The molecule has 0 unspecified atom stereocenters. The molecule has 0 saturated carbocycles. The average Bonchev–Trinajstić information content (AvgIpc) is 3.37. The topological polar surface area (TPSA) is 77.2 Å². The molecule has 1 aromatic carbocycles. The fourth-order valence-corrected chi connectivity index (χ4v) is 4.74. The summed E-state index contributed by atoms with van der Waals surface area (Å²) in [5.41, 5.74) is 6.73. The highest BCUT2D eigenvalue weighted by atomic mass is 16.5. The molecule has 1 aliphatic carbocycles. The van der Waals surface area contributed by atoms with Crippen molar-refractivity contribution in [3.63, 3.8) is 0 Å². The minimum Gasteiger partial charge on any atom is -0.487 e. The quantitative estimate of drug-likeness (QED) is 0.377. The molecule has 1 fully saturated rings. The Hall–Kier alpha value is -4.10. The molecule has 0 radical (unpaired) electrons. The van der Waals surface area contributed by atoms with Crippen molar-refractivity contribution in [1.82, 2.24) is 29.9 Å². The standard InChI is InChI=1S/C28H24N6O/c1-2-23(24-8-6-20(12-18-4-5-18)33-27(24)3-1)25-16-32-34-17-19(13-31-28(25)34)26-9-7-21(15-30-26)35-22-10-11-29-14-22/h1-9,13,15-18,22,29H,10-12,14H2/t22-/m1/s1. The minimum atomic E-state index is 0.217. The summed E-state index contributed by atoms with van der Waals surface area (Å²) in [5.74, 6) is 1.36. The molecule has 0 spiro atoms. The first-order valence-electron chi connectivity index (χ1n) is 12.0. The van der Waals surface area contributed by atoms with Gasteiger partial charge in [-0.2, -0.15) is 5.10 Å². The van der Waals surface area contributed by atoms with Crippen LogP contribution in [0.25, 0.3) is 38.9 Å². The Balaban J connectivity index is 1.19. The fourth-order valence-electron chi connectivity index (χ4n) is 4.74. The molecule has 4 aromatic heterocycles. The smallest absolute Gasteiger partial charge is 0.162 e. The predicted octanol–water partition coefficient (Wildman–Crippen LogP) is 4.48. The molecule has 1 aliphatic heterocycles. The lowest BCUT2D eigenvalue weighted by molar-refractivity contribution is 0.222. The van der Waals surface area contributed by atoms with Crippen LogP contribution in [0.1, 0.15) is 12.1 Å². The van der Waals surface area contributed by atoms with Crippen LogP contribution in [-0.2, 0) is 6.42 Å². The predicted molar refractivity (Wildman–Crippen MR) is 135 cm³/mol. The maximum absolute atomic E-state index is 5.99. The van der Waals surface area contributed by atoms with Crippen LogP contribution < -0.4 is 10.1 Å². The van der Waals surface area contributed by atoms with Gasteiger partial charge in [0.2, 0.25) is 0 Å². The molecular formula is C28H24N6O. The van der Waals surface area contributed by atoms with Gasteiger partial charge in [0.25, 0.3) is 0 Å². The Bertz CT molecular complexity index is 1560. The molecule has 1 saturated heterocycles. The van der Waals surface area contributed by atoms with Crippen molar-refractivity contribution in [2.45, 2.75) is 18.9 Å². The Labute approximate surface area is 202 Å². The summed E-state index contributed by atoms with van der Waals surface area (Å²) in [4.78, 5) is 14.3. The van der Waals surface area contributed by atoms with E-state index in [0.717, 1.165) is 76.3 Å². The van der Waals surface area contributed by atoms with Crippen molar-refractivity contribution in [2.24, 2.45) is 5.92 Å². The van der Waals surface area contributed by atoms with Crippen LogP contribution in [0.2, 0.25) is 0 Å². The summed E-state index contributed by atoms with van der Waals surface area (Å²) in [7, 11) is 0. The Morgan fingerprint density at radius 3 is 2.77 bits per heavy atom. The van der Waals surface area contributed by atoms with Gasteiger partial charge in [-0.3, -0.25) is 9.97 Å². The van der Waals surface area contributed by atoms with E-state index in [1.165, 1.54) is 0 Å². The summed E-state index contributed by atoms with van der Waals surface area (Å²) in [5, 5.41) is 9.02. The number of pyridine rings is 2. The molecule has 35 heavy (non-hydrogen) atoms. The third-order valence-corrected chi connectivity index (χ3v) is 6.70. The largest absolute Gasteiger partial charge is 0.487 e. The number of nitrogens with one attached hydrogen (secondary N) is 1. The summed E-state index contributed by atoms with van der Waals surface area (Å²) >= 11 is 0. The number of hydrogen-bond acceptors (Lipinski definition) is 6. The van der Waals surface area contributed by atoms with Crippen LogP contribution in [0, 0.1) is 5.92 Å². The number of allylic oxidation sites excluding steroid dienone is 2. The van der Waals surface area contributed by atoms with Crippen molar-refractivity contribution in [2.75, 3.05) is 13.1 Å². The molecule has 5 aromatic rings. The number of nitrogens with zero attached hydrogens (tertiary/aromatic N) is 5. The average molecular weight is 461 g/mol. The van der Waals surface area contributed by atoms with Gasteiger partial charge < -0.3 is 10.1 Å². The second kappa shape index (κ2) is 8.29. The van der Waals surface area contributed by atoms with Crippen LogP contribution in [-0.4, -0.2) is 43.8 Å². The highest BCUT2D eigenvalue weighted by Gasteiger charge is 2.17. The van der Waals surface area contributed by atoms with E-state index in [9.17, 15) is 0 Å².